The molecule has 0 aliphatic carbocycles. The molecule has 0 aromatic carbocycles. The van der Waals surface area contributed by atoms with Gasteiger partial charge in [0.25, 0.3) is 0 Å². The fourth-order valence-corrected chi connectivity index (χ4v) is 1.66. The Morgan fingerprint density at radius 1 is 1.92 bits per heavy atom. The van der Waals surface area contributed by atoms with Gasteiger partial charge in [0.2, 0.25) is 0 Å². The molecular formula is C6H10N2O2S2. The first-order chi connectivity index (χ1) is 5.47. The molecule has 1 heterocycles. The fraction of sp³-hybridized carbons (Fsp3) is 0.333. The zero-order valence-electron chi connectivity index (χ0n) is 6.61. The molecule has 0 saturated heterocycles. The van der Waals surface area contributed by atoms with E-state index in [1.807, 2.05) is 12.3 Å². The Bertz CT molecular complexity index is 355. The molecule has 1 aromatic heterocycles. The molecule has 0 spiro atoms. The molecule has 2 N–H and O–H groups in total. The molecule has 12 heavy (non-hydrogen) atoms. The number of hydrogen-bond donors (Lipinski definition) is 2. The van der Waals surface area contributed by atoms with E-state index in [2.05, 4.69) is 15.6 Å². The zero-order valence-corrected chi connectivity index (χ0v) is 8.24. The van der Waals surface area contributed by atoms with Crippen LogP contribution in [-0.2, 0) is 16.5 Å². The second-order valence-electron chi connectivity index (χ2n) is 2.32. The van der Waals surface area contributed by atoms with Gasteiger partial charge in [-0.3, -0.25) is 0 Å². The number of nitrogens with zero attached hydrogens (tertiary/aromatic N) is 1. The van der Waals surface area contributed by atoms with E-state index in [-0.39, 0.29) is 6.54 Å². The standard InChI is InChI=1S/C6H10N2O2S2/c1-5-8-6(4-11-5)3-7-12(2,9)10/h4H,2-3H2,1H3,(H2,7,9,10). The first kappa shape index (κ1) is 9.66. The van der Waals surface area contributed by atoms with E-state index in [1.165, 1.54) is 11.3 Å². The zero-order chi connectivity index (χ0) is 9.19. The van der Waals surface area contributed by atoms with Crippen LogP contribution in [0.4, 0.5) is 0 Å². The van der Waals surface area contributed by atoms with Crippen LogP contribution in [0.25, 0.3) is 0 Å². The number of aromatic nitrogens is 1. The lowest BCUT2D eigenvalue weighted by atomic mass is 10.5. The predicted molar refractivity (Wildman–Crippen MR) is 51.6 cm³/mol. The van der Waals surface area contributed by atoms with Crippen LogP contribution in [0.3, 0.4) is 0 Å². The number of thiazole rings is 1. The van der Waals surface area contributed by atoms with E-state index >= 15 is 0 Å². The van der Waals surface area contributed by atoms with E-state index in [4.69, 9.17) is 4.55 Å². The van der Waals surface area contributed by atoms with E-state index in [0.717, 1.165) is 10.7 Å². The van der Waals surface area contributed by atoms with Gasteiger partial charge >= 0.3 is 0 Å². The fourth-order valence-electron chi connectivity index (χ4n) is 0.676. The minimum Gasteiger partial charge on any atom is -0.303 e. The van der Waals surface area contributed by atoms with Crippen LogP contribution < -0.4 is 4.72 Å². The summed E-state index contributed by atoms with van der Waals surface area (Å²) in [5.74, 6) is 3.04. The average molecular weight is 206 g/mol. The van der Waals surface area contributed by atoms with Gasteiger partial charge in [0.15, 0.2) is 0 Å². The van der Waals surface area contributed by atoms with Gasteiger partial charge < -0.3 is 4.55 Å². The average Bonchev–Trinajstić information content (AvgIpc) is 2.30. The Labute approximate surface area is 75.6 Å². The van der Waals surface area contributed by atoms with Crippen LogP contribution in [0.5, 0.6) is 0 Å². The highest BCUT2D eigenvalue weighted by Gasteiger charge is 2.00. The van der Waals surface area contributed by atoms with Crippen molar-refractivity contribution in [3.05, 3.63) is 16.1 Å². The largest absolute Gasteiger partial charge is 0.303 e. The van der Waals surface area contributed by atoms with Gasteiger partial charge in [-0.25, -0.2) is 13.9 Å². The molecule has 68 valence electrons. The molecule has 0 aliphatic rings. The smallest absolute Gasteiger partial charge is 0.138 e. The summed E-state index contributed by atoms with van der Waals surface area (Å²) in [6, 6.07) is 0. The molecule has 1 rings (SSSR count). The van der Waals surface area contributed by atoms with Crippen molar-refractivity contribution < 1.29 is 8.76 Å². The van der Waals surface area contributed by atoms with E-state index in [0.29, 0.717) is 0 Å². The van der Waals surface area contributed by atoms with Crippen LogP contribution >= 0.6 is 11.3 Å². The third kappa shape index (κ3) is 3.31. The van der Waals surface area contributed by atoms with Crippen molar-refractivity contribution in [2.75, 3.05) is 0 Å². The lowest BCUT2D eigenvalue weighted by Gasteiger charge is -2.00. The molecule has 0 saturated carbocycles. The summed E-state index contributed by atoms with van der Waals surface area (Å²) < 4.78 is 21.8. The molecule has 6 heteroatoms. The lowest BCUT2D eigenvalue weighted by Crippen LogP contribution is -2.21. The van der Waals surface area contributed by atoms with Crippen molar-refractivity contribution >= 4 is 27.2 Å². The second kappa shape index (κ2) is 3.53. The third-order valence-electron chi connectivity index (χ3n) is 1.15. The van der Waals surface area contributed by atoms with Crippen LogP contribution in [0.2, 0.25) is 0 Å². The maximum Gasteiger partial charge on any atom is 0.138 e. The summed E-state index contributed by atoms with van der Waals surface area (Å²) in [5, 5.41) is 2.79. The quantitative estimate of drug-likeness (QED) is 0.714. The SMILES string of the molecule is C=S(=O)(O)NCc1csc(C)n1. The lowest BCUT2D eigenvalue weighted by molar-refractivity contribution is 0.543. The van der Waals surface area contributed by atoms with Crippen LogP contribution in [0, 0.1) is 6.92 Å². The summed E-state index contributed by atoms with van der Waals surface area (Å²) >= 11 is 1.51. The highest BCUT2D eigenvalue weighted by atomic mass is 32.2. The second-order valence-corrected chi connectivity index (χ2v) is 4.95. The molecule has 1 atom stereocenters. The van der Waals surface area contributed by atoms with Crippen LogP contribution in [0.1, 0.15) is 10.7 Å². The van der Waals surface area contributed by atoms with Gasteiger partial charge in [-0.1, -0.05) is 0 Å². The molecule has 0 radical (unpaired) electrons. The number of aryl methyl sites for hydroxylation is 1. The van der Waals surface area contributed by atoms with E-state index in [1.54, 1.807) is 0 Å². The van der Waals surface area contributed by atoms with Crippen molar-refractivity contribution in [1.29, 1.82) is 0 Å². The van der Waals surface area contributed by atoms with Crippen molar-refractivity contribution in [3.63, 3.8) is 0 Å². The summed E-state index contributed by atoms with van der Waals surface area (Å²) in [6.45, 7) is 2.16. The predicted octanol–water partition coefficient (Wildman–Crippen LogP) is 0.646. The van der Waals surface area contributed by atoms with Gasteiger partial charge in [0.1, 0.15) is 9.99 Å². The Morgan fingerprint density at radius 3 is 3.00 bits per heavy atom. The van der Waals surface area contributed by atoms with E-state index < -0.39 is 9.99 Å². The summed E-state index contributed by atoms with van der Waals surface area (Å²) in [5.41, 5.74) is 0.767. The van der Waals surface area contributed by atoms with Gasteiger partial charge in [-0.15, -0.1) is 11.3 Å². The van der Waals surface area contributed by atoms with Crippen molar-refractivity contribution in [2.24, 2.45) is 0 Å². The molecule has 4 nitrogen and oxygen atoms in total. The first-order valence-electron chi connectivity index (χ1n) is 3.22. The maximum atomic E-state index is 10.7. The summed E-state index contributed by atoms with van der Waals surface area (Å²) in [6.07, 6.45) is 0. The molecule has 0 aliphatic heterocycles. The number of nitrogens with one attached hydrogen (secondary N) is 1. The van der Waals surface area contributed by atoms with Crippen LogP contribution in [0.15, 0.2) is 5.38 Å². The van der Waals surface area contributed by atoms with Crippen molar-refractivity contribution in [2.45, 2.75) is 13.5 Å². The van der Waals surface area contributed by atoms with Crippen LogP contribution in [-0.4, -0.2) is 19.6 Å². The van der Waals surface area contributed by atoms with Crippen molar-refractivity contribution in [1.82, 2.24) is 9.71 Å². The molecule has 1 aromatic rings. The maximum absolute atomic E-state index is 10.7. The molecule has 0 fully saturated rings. The summed E-state index contributed by atoms with van der Waals surface area (Å²) in [7, 11) is -3.10. The van der Waals surface area contributed by atoms with E-state index in [9.17, 15) is 4.21 Å². The molecule has 0 bridgehead atoms. The highest BCUT2D eigenvalue weighted by Crippen LogP contribution is 2.07. The Hall–Kier alpha value is -0.430. The summed E-state index contributed by atoms with van der Waals surface area (Å²) in [4.78, 5) is 4.11. The number of hydrogen-bond acceptors (Lipinski definition) is 3. The van der Waals surface area contributed by atoms with Gasteiger partial charge in [-0.2, -0.15) is 0 Å². The minimum absolute atomic E-state index is 0.281. The Balaban J connectivity index is 2.55. The topological polar surface area (TPSA) is 62.2 Å². The normalized spacial score (nSPS) is 15.8. The number of rotatable bonds is 3. The highest BCUT2D eigenvalue weighted by molar-refractivity contribution is 7.93. The first-order valence-corrected chi connectivity index (χ1v) is 5.79. The van der Waals surface area contributed by atoms with Gasteiger partial charge in [0, 0.05) is 5.38 Å². The third-order valence-corrected chi connectivity index (χ3v) is 2.56. The Morgan fingerprint density at radius 2 is 2.58 bits per heavy atom. The monoisotopic (exact) mass is 206 g/mol. The molecule has 1 unspecified atom stereocenters. The molecular weight excluding hydrogens is 196 g/mol. The minimum atomic E-state index is -3.10. The van der Waals surface area contributed by atoms with Gasteiger partial charge in [0.05, 0.1) is 17.2 Å². The van der Waals surface area contributed by atoms with Gasteiger partial charge in [-0.05, 0) is 12.8 Å². The Kier molecular flexibility index (Phi) is 2.84. The van der Waals surface area contributed by atoms with Crippen molar-refractivity contribution in [3.8, 4) is 0 Å². The molecule has 0 amide bonds.